The summed E-state index contributed by atoms with van der Waals surface area (Å²) in [5.41, 5.74) is 3.24. The molecule has 0 saturated carbocycles. The van der Waals surface area contributed by atoms with Crippen molar-refractivity contribution in [3.63, 3.8) is 0 Å². The van der Waals surface area contributed by atoms with Crippen LogP contribution in [0.25, 0.3) is 11.3 Å². The van der Waals surface area contributed by atoms with Gasteiger partial charge in [-0.3, -0.25) is 0 Å². The molecular weight excluding hydrogens is 336 g/mol. The summed E-state index contributed by atoms with van der Waals surface area (Å²) in [5.74, 6) is 1.13. The summed E-state index contributed by atoms with van der Waals surface area (Å²) in [4.78, 5) is 9.87. The summed E-state index contributed by atoms with van der Waals surface area (Å²) < 4.78 is 2.80. The van der Waals surface area contributed by atoms with E-state index in [1.54, 1.807) is 6.20 Å². The number of hydrogen-bond donors (Lipinski definition) is 1. The van der Waals surface area contributed by atoms with Crippen molar-refractivity contribution >= 4 is 40.4 Å². The molecule has 22 heavy (non-hydrogen) atoms. The van der Waals surface area contributed by atoms with Gasteiger partial charge in [-0.05, 0) is 12.1 Å². The highest BCUT2D eigenvalue weighted by atomic mass is 35.5. The number of imidazole rings is 1. The van der Waals surface area contributed by atoms with Crippen molar-refractivity contribution in [2.45, 2.75) is 18.2 Å². The molecular formula is C15H13ClN4S2. The lowest BCUT2D eigenvalue weighted by molar-refractivity contribution is 0.719. The summed E-state index contributed by atoms with van der Waals surface area (Å²) in [6.45, 7) is 1.78. The molecule has 112 valence electrons. The molecule has 1 N–H and O–H groups in total. The Labute approximate surface area is 141 Å². The molecule has 4 nitrogen and oxygen atoms in total. The van der Waals surface area contributed by atoms with Crippen LogP contribution in [0.1, 0.15) is 4.88 Å². The van der Waals surface area contributed by atoms with Gasteiger partial charge in [-0.25, -0.2) is 9.97 Å². The predicted molar refractivity (Wildman–Crippen MR) is 92.8 cm³/mol. The number of nitrogens with zero attached hydrogens (tertiary/aromatic N) is 3. The summed E-state index contributed by atoms with van der Waals surface area (Å²) in [7, 11) is 0. The fourth-order valence-electron chi connectivity index (χ4n) is 2.39. The van der Waals surface area contributed by atoms with Gasteiger partial charge in [0.1, 0.15) is 0 Å². The van der Waals surface area contributed by atoms with Crippen molar-refractivity contribution in [2.24, 2.45) is 0 Å². The van der Waals surface area contributed by atoms with E-state index >= 15 is 0 Å². The molecule has 0 unspecified atom stereocenters. The Kier molecular flexibility index (Phi) is 3.82. The zero-order valence-corrected chi connectivity index (χ0v) is 14.0. The molecule has 3 heterocycles. The first-order valence-corrected chi connectivity index (χ1v) is 9.10. The number of rotatable bonds is 4. The summed E-state index contributed by atoms with van der Waals surface area (Å²) in [6, 6.07) is 8.34. The van der Waals surface area contributed by atoms with Crippen molar-refractivity contribution in [1.82, 2.24) is 14.5 Å². The van der Waals surface area contributed by atoms with E-state index in [9.17, 15) is 0 Å². The second-order valence-corrected chi connectivity index (χ2v) is 7.72. The molecule has 1 aromatic carbocycles. The van der Waals surface area contributed by atoms with Gasteiger partial charge >= 0.3 is 0 Å². The minimum Gasteiger partial charge on any atom is -0.380 e. The van der Waals surface area contributed by atoms with E-state index in [1.165, 1.54) is 11.3 Å². The Bertz CT molecular complexity index is 790. The van der Waals surface area contributed by atoms with Crippen LogP contribution < -0.4 is 5.32 Å². The number of anilines is 1. The number of thiazole rings is 1. The molecule has 0 bridgehead atoms. The molecule has 0 atom stereocenters. The van der Waals surface area contributed by atoms with Crippen LogP contribution >= 0.6 is 34.7 Å². The van der Waals surface area contributed by atoms with Gasteiger partial charge in [-0.2, -0.15) is 0 Å². The first-order valence-electron chi connectivity index (χ1n) is 6.92. The van der Waals surface area contributed by atoms with Crippen LogP contribution in [0, 0.1) is 0 Å². The van der Waals surface area contributed by atoms with Crippen molar-refractivity contribution in [1.29, 1.82) is 0 Å². The maximum atomic E-state index is 5.85. The number of aromatic nitrogens is 3. The summed E-state index contributed by atoms with van der Waals surface area (Å²) >= 11 is 9.16. The lowest BCUT2D eigenvalue weighted by Gasteiger charge is -2.06. The third-order valence-corrected chi connectivity index (χ3v) is 5.54. The van der Waals surface area contributed by atoms with E-state index in [2.05, 4.69) is 45.3 Å². The van der Waals surface area contributed by atoms with Crippen LogP contribution in [-0.2, 0) is 13.1 Å². The van der Waals surface area contributed by atoms with Gasteiger partial charge in [0, 0.05) is 40.8 Å². The second kappa shape index (κ2) is 5.95. The molecule has 0 saturated heterocycles. The van der Waals surface area contributed by atoms with Crippen molar-refractivity contribution < 1.29 is 0 Å². The number of nitrogens with one attached hydrogen (secondary N) is 1. The monoisotopic (exact) mass is 348 g/mol. The molecule has 0 aliphatic carbocycles. The van der Waals surface area contributed by atoms with Crippen LogP contribution in [-0.4, -0.2) is 20.3 Å². The Morgan fingerprint density at radius 2 is 2.32 bits per heavy atom. The van der Waals surface area contributed by atoms with E-state index < -0.39 is 0 Å². The molecule has 4 rings (SSSR count). The van der Waals surface area contributed by atoms with Crippen LogP contribution in [0.5, 0.6) is 0 Å². The quantitative estimate of drug-likeness (QED) is 0.759. The third-order valence-electron chi connectivity index (χ3n) is 3.45. The van der Waals surface area contributed by atoms with Gasteiger partial charge in [0.25, 0.3) is 0 Å². The number of halogens is 1. The number of aryl methyl sites for hydroxylation is 1. The Morgan fingerprint density at radius 1 is 1.36 bits per heavy atom. The van der Waals surface area contributed by atoms with E-state index in [0.717, 1.165) is 45.8 Å². The number of hydrogen-bond acceptors (Lipinski definition) is 5. The normalized spacial score (nSPS) is 13.3. The highest BCUT2D eigenvalue weighted by Crippen LogP contribution is 2.30. The highest BCUT2D eigenvalue weighted by molar-refractivity contribution is 7.99. The zero-order chi connectivity index (χ0) is 14.9. The first kappa shape index (κ1) is 14.1. The van der Waals surface area contributed by atoms with E-state index in [4.69, 9.17) is 16.6 Å². The zero-order valence-electron chi connectivity index (χ0n) is 11.6. The van der Waals surface area contributed by atoms with Gasteiger partial charge in [-0.15, -0.1) is 11.3 Å². The summed E-state index contributed by atoms with van der Waals surface area (Å²) in [6.07, 6.45) is 3.94. The fraction of sp³-hybridized carbons (Fsp3) is 0.200. The fourth-order valence-corrected chi connectivity index (χ4v) is 4.25. The standard InChI is InChI=1S/C15H13ClN4S2/c16-14-18-8-12(22-14)7-17-11-3-1-2-10(6-11)13-9-20-4-5-21-15(20)19-13/h1-3,6,8-9,17H,4-5,7H2. The van der Waals surface area contributed by atoms with Crippen LogP contribution in [0.4, 0.5) is 5.69 Å². The molecule has 3 aromatic rings. The molecule has 1 aliphatic heterocycles. The average molecular weight is 349 g/mol. The van der Waals surface area contributed by atoms with Gasteiger partial charge < -0.3 is 9.88 Å². The van der Waals surface area contributed by atoms with Crippen molar-refractivity contribution in [3.8, 4) is 11.3 Å². The van der Waals surface area contributed by atoms with Gasteiger partial charge in [-0.1, -0.05) is 35.5 Å². The highest BCUT2D eigenvalue weighted by Gasteiger charge is 2.15. The SMILES string of the molecule is Clc1ncc(CNc2cccc(-c3cn4c(n3)SCC4)c2)s1. The Morgan fingerprint density at radius 3 is 3.14 bits per heavy atom. The lowest BCUT2D eigenvalue weighted by Crippen LogP contribution is -1.97. The average Bonchev–Trinajstić information content (AvgIpc) is 3.21. The molecule has 2 aromatic heterocycles. The van der Waals surface area contributed by atoms with Crippen LogP contribution in [0.15, 0.2) is 41.8 Å². The smallest absolute Gasteiger partial charge is 0.183 e. The van der Waals surface area contributed by atoms with E-state index in [0.29, 0.717) is 4.47 Å². The van der Waals surface area contributed by atoms with Crippen molar-refractivity contribution in [2.75, 3.05) is 11.1 Å². The second-order valence-electron chi connectivity index (χ2n) is 4.96. The molecule has 0 amide bonds. The molecule has 0 radical (unpaired) electrons. The largest absolute Gasteiger partial charge is 0.380 e. The van der Waals surface area contributed by atoms with Crippen LogP contribution in [0.2, 0.25) is 4.47 Å². The number of thioether (sulfide) groups is 1. The molecule has 0 spiro atoms. The Balaban J connectivity index is 1.52. The Hall–Kier alpha value is -1.50. The molecule has 1 aliphatic rings. The minimum absolute atomic E-state index is 0.579. The van der Waals surface area contributed by atoms with E-state index in [-0.39, 0.29) is 0 Å². The molecule has 7 heteroatoms. The van der Waals surface area contributed by atoms with Gasteiger partial charge in [0.2, 0.25) is 0 Å². The lowest BCUT2D eigenvalue weighted by atomic mass is 10.1. The number of benzene rings is 1. The van der Waals surface area contributed by atoms with Gasteiger partial charge in [0.05, 0.1) is 12.2 Å². The third kappa shape index (κ3) is 2.86. The predicted octanol–water partition coefficient (Wildman–Crippen LogP) is 4.38. The molecule has 0 fully saturated rings. The maximum Gasteiger partial charge on any atom is 0.183 e. The minimum atomic E-state index is 0.579. The topological polar surface area (TPSA) is 42.7 Å². The van der Waals surface area contributed by atoms with E-state index in [1.807, 2.05) is 11.8 Å². The number of fused-ring (bicyclic) bond motifs is 1. The maximum absolute atomic E-state index is 5.85. The van der Waals surface area contributed by atoms with Crippen molar-refractivity contribution in [3.05, 3.63) is 46.0 Å². The van der Waals surface area contributed by atoms with Crippen LogP contribution in [0.3, 0.4) is 0 Å². The van der Waals surface area contributed by atoms with Gasteiger partial charge in [0.15, 0.2) is 9.62 Å². The first-order chi connectivity index (χ1) is 10.8. The summed E-state index contributed by atoms with van der Waals surface area (Å²) in [5, 5.41) is 4.52.